The summed E-state index contributed by atoms with van der Waals surface area (Å²) in [5.41, 5.74) is 0.897. The summed E-state index contributed by atoms with van der Waals surface area (Å²) in [6.07, 6.45) is -1.02. The first-order chi connectivity index (χ1) is 7.41. The molecule has 16 heavy (non-hydrogen) atoms. The molecule has 0 aliphatic carbocycles. The quantitative estimate of drug-likeness (QED) is 0.875. The van der Waals surface area contributed by atoms with Crippen LogP contribution in [-0.4, -0.2) is 22.4 Å². The van der Waals surface area contributed by atoms with Crippen LogP contribution in [0.3, 0.4) is 0 Å². The molecule has 0 aliphatic heterocycles. The number of rotatable bonds is 4. The third kappa shape index (κ3) is 3.63. The fourth-order valence-corrected chi connectivity index (χ4v) is 2.06. The fourth-order valence-electron chi connectivity index (χ4n) is 1.58. The molecule has 0 saturated heterocycles. The molecule has 0 aliphatic rings. The first-order valence-corrected chi connectivity index (χ1v) is 5.98. The predicted molar refractivity (Wildman–Crippen MR) is 67.2 cm³/mol. The zero-order valence-corrected chi connectivity index (χ0v) is 10.8. The van der Waals surface area contributed by atoms with Crippen molar-refractivity contribution < 1.29 is 10.2 Å². The molecule has 4 heteroatoms. The lowest BCUT2D eigenvalue weighted by Gasteiger charge is -2.19. The molecule has 1 aromatic rings. The van der Waals surface area contributed by atoms with Crippen LogP contribution in [0.1, 0.15) is 31.7 Å². The van der Waals surface area contributed by atoms with Gasteiger partial charge in [-0.05, 0) is 43.0 Å². The minimum absolute atomic E-state index is 0.0517. The molecule has 2 N–H and O–H groups in total. The maximum Gasteiger partial charge on any atom is 0.0802 e. The van der Waals surface area contributed by atoms with Gasteiger partial charge >= 0.3 is 0 Å². The SMILES string of the molecule is CC(CC(O)C(C)O)c1cc(Cl)ccc1Cl. The van der Waals surface area contributed by atoms with Crippen molar-refractivity contribution in [3.63, 3.8) is 0 Å². The van der Waals surface area contributed by atoms with Crippen LogP contribution in [0.4, 0.5) is 0 Å². The van der Waals surface area contributed by atoms with E-state index in [0.29, 0.717) is 16.5 Å². The summed E-state index contributed by atoms with van der Waals surface area (Å²) in [5.74, 6) is 0.0517. The van der Waals surface area contributed by atoms with Gasteiger partial charge in [0.15, 0.2) is 0 Å². The van der Waals surface area contributed by atoms with Crippen LogP contribution < -0.4 is 0 Å². The van der Waals surface area contributed by atoms with Gasteiger partial charge in [-0.2, -0.15) is 0 Å². The number of hydrogen-bond donors (Lipinski definition) is 2. The van der Waals surface area contributed by atoms with Gasteiger partial charge in [-0.15, -0.1) is 0 Å². The molecule has 0 bridgehead atoms. The molecular weight excluding hydrogens is 247 g/mol. The normalized spacial score (nSPS) is 16.9. The fraction of sp³-hybridized carbons (Fsp3) is 0.500. The van der Waals surface area contributed by atoms with Crippen molar-refractivity contribution in [2.45, 2.75) is 38.4 Å². The molecule has 0 heterocycles. The van der Waals surface area contributed by atoms with Crippen molar-refractivity contribution in [2.75, 3.05) is 0 Å². The topological polar surface area (TPSA) is 40.5 Å². The number of benzene rings is 1. The van der Waals surface area contributed by atoms with Gasteiger partial charge in [-0.1, -0.05) is 30.1 Å². The molecule has 0 fully saturated rings. The highest BCUT2D eigenvalue weighted by Crippen LogP contribution is 2.30. The largest absolute Gasteiger partial charge is 0.391 e. The van der Waals surface area contributed by atoms with Crippen LogP contribution >= 0.6 is 23.2 Å². The second-order valence-corrected chi connectivity index (χ2v) is 4.95. The van der Waals surface area contributed by atoms with E-state index in [1.807, 2.05) is 6.92 Å². The highest BCUT2D eigenvalue weighted by molar-refractivity contribution is 6.33. The molecule has 3 atom stereocenters. The van der Waals surface area contributed by atoms with Crippen LogP contribution in [0, 0.1) is 0 Å². The Bertz CT molecular complexity index is 353. The van der Waals surface area contributed by atoms with Crippen LogP contribution in [0.2, 0.25) is 10.0 Å². The maximum atomic E-state index is 9.59. The Kier molecular flexibility index (Phi) is 5.06. The zero-order valence-electron chi connectivity index (χ0n) is 9.32. The van der Waals surface area contributed by atoms with Gasteiger partial charge in [-0.3, -0.25) is 0 Å². The molecular formula is C12H16Cl2O2. The minimum Gasteiger partial charge on any atom is -0.391 e. The number of halogens is 2. The zero-order chi connectivity index (χ0) is 12.3. The van der Waals surface area contributed by atoms with E-state index in [4.69, 9.17) is 23.2 Å². The van der Waals surface area contributed by atoms with Gasteiger partial charge in [0, 0.05) is 10.0 Å². The van der Waals surface area contributed by atoms with Crippen LogP contribution in [0.5, 0.6) is 0 Å². The lowest BCUT2D eigenvalue weighted by atomic mass is 9.93. The Morgan fingerprint density at radius 1 is 1.19 bits per heavy atom. The Morgan fingerprint density at radius 2 is 1.81 bits per heavy atom. The van der Waals surface area contributed by atoms with Crippen LogP contribution in [0.25, 0.3) is 0 Å². The van der Waals surface area contributed by atoms with Crippen molar-refractivity contribution in [1.29, 1.82) is 0 Å². The second kappa shape index (κ2) is 5.87. The summed E-state index contributed by atoms with van der Waals surface area (Å²) in [5, 5.41) is 20.1. The van der Waals surface area contributed by atoms with E-state index >= 15 is 0 Å². The molecule has 1 rings (SSSR count). The molecule has 0 saturated carbocycles. The van der Waals surface area contributed by atoms with E-state index in [0.717, 1.165) is 5.56 Å². The molecule has 90 valence electrons. The highest BCUT2D eigenvalue weighted by Gasteiger charge is 2.18. The summed E-state index contributed by atoms with van der Waals surface area (Å²) in [6, 6.07) is 5.26. The summed E-state index contributed by atoms with van der Waals surface area (Å²) in [4.78, 5) is 0. The molecule has 0 aromatic heterocycles. The number of aliphatic hydroxyl groups excluding tert-OH is 2. The molecule has 0 radical (unpaired) electrons. The summed E-state index contributed by atoms with van der Waals surface area (Å²) in [7, 11) is 0. The molecule has 3 unspecified atom stereocenters. The smallest absolute Gasteiger partial charge is 0.0802 e. The first-order valence-electron chi connectivity index (χ1n) is 5.23. The van der Waals surface area contributed by atoms with Crippen molar-refractivity contribution in [1.82, 2.24) is 0 Å². The number of aliphatic hydroxyl groups is 2. The Hall–Kier alpha value is -0.280. The first kappa shape index (κ1) is 13.8. The van der Waals surface area contributed by atoms with E-state index in [-0.39, 0.29) is 5.92 Å². The predicted octanol–water partition coefficient (Wildman–Crippen LogP) is 3.23. The molecule has 0 spiro atoms. The minimum atomic E-state index is -0.745. The van der Waals surface area contributed by atoms with Gasteiger partial charge in [0.1, 0.15) is 0 Å². The standard InChI is InChI=1S/C12H16Cl2O2/c1-7(5-12(16)8(2)15)10-6-9(13)3-4-11(10)14/h3-4,6-8,12,15-16H,5H2,1-2H3. The second-order valence-electron chi connectivity index (χ2n) is 4.11. The van der Waals surface area contributed by atoms with Crippen molar-refractivity contribution in [3.05, 3.63) is 33.8 Å². The highest BCUT2D eigenvalue weighted by atomic mass is 35.5. The third-order valence-electron chi connectivity index (χ3n) is 2.64. The molecule has 1 aromatic carbocycles. The third-order valence-corrected chi connectivity index (χ3v) is 3.22. The summed E-state index contributed by atoms with van der Waals surface area (Å²) in [6.45, 7) is 3.51. The average molecular weight is 263 g/mol. The number of hydrogen-bond acceptors (Lipinski definition) is 2. The van der Waals surface area contributed by atoms with E-state index in [9.17, 15) is 10.2 Å². The maximum absolute atomic E-state index is 9.59. The van der Waals surface area contributed by atoms with Gasteiger partial charge in [-0.25, -0.2) is 0 Å². The van der Waals surface area contributed by atoms with E-state index < -0.39 is 12.2 Å². The molecule has 2 nitrogen and oxygen atoms in total. The van der Waals surface area contributed by atoms with Crippen LogP contribution in [0.15, 0.2) is 18.2 Å². The van der Waals surface area contributed by atoms with E-state index in [2.05, 4.69) is 0 Å². The van der Waals surface area contributed by atoms with Crippen molar-refractivity contribution >= 4 is 23.2 Å². The summed E-state index contributed by atoms with van der Waals surface area (Å²) < 4.78 is 0. The Labute approximate surface area is 106 Å². The van der Waals surface area contributed by atoms with Gasteiger partial charge in [0.2, 0.25) is 0 Å². The Balaban J connectivity index is 2.80. The lowest BCUT2D eigenvalue weighted by molar-refractivity contribution is 0.0227. The van der Waals surface area contributed by atoms with Crippen molar-refractivity contribution in [2.24, 2.45) is 0 Å². The lowest BCUT2D eigenvalue weighted by Crippen LogP contribution is -2.24. The van der Waals surface area contributed by atoms with Crippen LogP contribution in [-0.2, 0) is 0 Å². The van der Waals surface area contributed by atoms with Gasteiger partial charge in [0.25, 0.3) is 0 Å². The molecule has 0 amide bonds. The monoisotopic (exact) mass is 262 g/mol. The summed E-state index contributed by atoms with van der Waals surface area (Å²) >= 11 is 11.9. The van der Waals surface area contributed by atoms with Gasteiger partial charge in [0.05, 0.1) is 12.2 Å². The van der Waals surface area contributed by atoms with E-state index in [1.54, 1.807) is 25.1 Å². The van der Waals surface area contributed by atoms with E-state index in [1.165, 1.54) is 0 Å². The van der Waals surface area contributed by atoms with Gasteiger partial charge < -0.3 is 10.2 Å². The van der Waals surface area contributed by atoms with Crippen molar-refractivity contribution in [3.8, 4) is 0 Å². The average Bonchev–Trinajstić information content (AvgIpc) is 2.21. The Morgan fingerprint density at radius 3 is 2.38 bits per heavy atom.